The van der Waals surface area contributed by atoms with Gasteiger partial charge in [0.1, 0.15) is 12.0 Å². The van der Waals surface area contributed by atoms with Crippen molar-refractivity contribution >= 4 is 0 Å². The fourth-order valence-electron chi connectivity index (χ4n) is 1.86. The molecule has 0 aromatic heterocycles. The highest BCUT2D eigenvalue weighted by atomic mass is 16.3. The van der Waals surface area contributed by atoms with Crippen LogP contribution in [0.3, 0.4) is 0 Å². The van der Waals surface area contributed by atoms with Crippen LogP contribution in [-0.4, -0.2) is 35.6 Å². The first kappa shape index (κ1) is 15.9. The smallest absolute Gasteiger partial charge is 0.120 e. The van der Waals surface area contributed by atoms with Crippen molar-refractivity contribution in [3.63, 3.8) is 0 Å². The summed E-state index contributed by atoms with van der Waals surface area (Å²) in [5.74, 6) is 0.232. The summed E-state index contributed by atoms with van der Waals surface area (Å²) in [5.41, 5.74) is 12.3. The Hall–Kier alpha value is -1.14. The van der Waals surface area contributed by atoms with Crippen molar-refractivity contribution in [2.75, 3.05) is 13.1 Å². The lowest BCUT2D eigenvalue weighted by Crippen LogP contribution is -2.46. The highest BCUT2D eigenvalue weighted by Gasteiger charge is 2.14. The lowest BCUT2D eigenvalue weighted by atomic mass is 10.1. The molecule has 0 saturated carbocycles. The summed E-state index contributed by atoms with van der Waals surface area (Å²) in [4.78, 5) is 0. The van der Waals surface area contributed by atoms with Crippen LogP contribution in [0.25, 0.3) is 0 Å². The Morgan fingerprint density at radius 1 is 1.11 bits per heavy atom. The highest BCUT2D eigenvalue weighted by Crippen LogP contribution is 2.11. The van der Waals surface area contributed by atoms with E-state index in [1.165, 1.54) is 0 Å². The van der Waals surface area contributed by atoms with Crippen molar-refractivity contribution in [2.24, 2.45) is 11.5 Å². The second-order valence-corrected chi connectivity index (χ2v) is 4.78. The minimum atomic E-state index is -0.716. The molecule has 1 aromatic carbocycles. The summed E-state index contributed by atoms with van der Waals surface area (Å²) in [5, 5.41) is 22.1. The number of aliphatic hydroxyl groups excluding tert-OH is 1. The van der Waals surface area contributed by atoms with E-state index in [1.54, 1.807) is 12.1 Å². The van der Waals surface area contributed by atoms with Crippen molar-refractivity contribution in [3.8, 4) is 5.75 Å². The number of aromatic hydroxyl groups is 1. The van der Waals surface area contributed by atoms with Crippen LogP contribution in [0, 0.1) is 0 Å². The summed E-state index contributed by atoms with van der Waals surface area (Å²) in [6.45, 7) is 1.45. The highest BCUT2D eigenvalue weighted by molar-refractivity contribution is 5.26. The average molecular weight is 267 g/mol. The Morgan fingerprint density at radius 2 is 1.79 bits per heavy atom. The Balaban J connectivity index is 2.24. The normalized spacial score (nSPS) is 14.3. The van der Waals surface area contributed by atoms with E-state index in [1.807, 2.05) is 12.1 Å². The van der Waals surface area contributed by atoms with Gasteiger partial charge in [0.2, 0.25) is 0 Å². The van der Waals surface area contributed by atoms with Gasteiger partial charge in [0.25, 0.3) is 0 Å². The number of phenolic OH excluding ortho intramolecular Hbond substituents is 1. The number of benzene rings is 1. The molecule has 0 aliphatic carbocycles. The third-order valence-corrected chi connectivity index (χ3v) is 3.05. The summed E-state index contributed by atoms with van der Waals surface area (Å²) in [6.07, 6.45) is 2.91. The maximum Gasteiger partial charge on any atom is 0.120 e. The Kier molecular flexibility index (Phi) is 7.43. The van der Waals surface area contributed by atoms with E-state index in [2.05, 4.69) is 5.32 Å². The zero-order chi connectivity index (χ0) is 14.1. The maximum atomic E-state index is 9.88. The number of nitrogens with one attached hydrogen (secondary N) is 1. The van der Waals surface area contributed by atoms with Gasteiger partial charge in [0, 0.05) is 6.04 Å². The number of aliphatic hydroxyl groups is 1. The number of unbranched alkanes of at least 4 members (excludes halogenated alkanes) is 2. The van der Waals surface area contributed by atoms with Gasteiger partial charge in [-0.15, -0.1) is 0 Å². The quantitative estimate of drug-likeness (QED) is 0.327. The fourth-order valence-corrected chi connectivity index (χ4v) is 1.86. The third-order valence-electron chi connectivity index (χ3n) is 3.05. The molecule has 0 spiro atoms. The van der Waals surface area contributed by atoms with Gasteiger partial charge in [-0.25, -0.2) is 0 Å². The largest absolute Gasteiger partial charge is 0.508 e. The molecule has 0 aliphatic heterocycles. The molecule has 0 bridgehead atoms. The predicted molar refractivity (Wildman–Crippen MR) is 76.7 cm³/mol. The topological polar surface area (TPSA) is 105 Å². The number of hydrogen-bond acceptors (Lipinski definition) is 5. The summed E-state index contributed by atoms with van der Waals surface area (Å²) in [7, 11) is 0. The van der Waals surface area contributed by atoms with Gasteiger partial charge in [-0.2, -0.15) is 0 Å². The van der Waals surface area contributed by atoms with Crippen LogP contribution < -0.4 is 16.8 Å². The molecule has 1 rings (SSSR count). The monoisotopic (exact) mass is 267 g/mol. The third kappa shape index (κ3) is 6.54. The van der Waals surface area contributed by atoms with Gasteiger partial charge in [-0.3, -0.25) is 5.32 Å². The van der Waals surface area contributed by atoms with Crippen LogP contribution in [0.5, 0.6) is 5.75 Å². The predicted octanol–water partition coefficient (Wildman–Crippen LogP) is 0.299. The molecule has 5 heteroatoms. The van der Waals surface area contributed by atoms with Crippen molar-refractivity contribution in [1.82, 2.24) is 5.32 Å². The molecule has 19 heavy (non-hydrogen) atoms. The minimum absolute atomic E-state index is 0.232. The molecular formula is C14H25N3O2. The van der Waals surface area contributed by atoms with E-state index in [9.17, 15) is 10.2 Å². The van der Waals surface area contributed by atoms with Crippen LogP contribution in [-0.2, 0) is 6.42 Å². The van der Waals surface area contributed by atoms with Crippen LogP contribution in [0.4, 0.5) is 0 Å². The SMILES string of the molecule is NCCCCCNC(O)C(N)Cc1ccc(O)cc1. The van der Waals surface area contributed by atoms with Gasteiger partial charge >= 0.3 is 0 Å². The zero-order valence-corrected chi connectivity index (χ0v) is 11.3. The number of phenols is 1. The molecule has 0 fully saturated rings. The Labute approximate surface area is 114 Å². The number of nitrogens with two attached hydrogens (primary N) is 2. The van der Waals surface area contributed by atoms with Crippen molar-refractivity contribution in [3.05, 3.63) is 29.8 Å². The van der Waals surface area contributed by atoms with Crippen LogP contribution in [0.15, 0.2) is 24.3 Å². The molecule has 0 saturated heterocycles. The first-order valence-electron chi connectivity index (χ1n) is 6.78. The Morgan fingerprint density at radius 3 is 2.42 bits per heavy atom. The molecule has 2 unspecified atom stereocenters. The van der Waals surface area contributed by atoms with Crippen LogP contribution in [0.1, 0.15) is 24.8 Å². The van der Waals surface area contributed by atoms with Gasteiger partial charge in [-0.05, 0) is 50.0 Å². The summed E-state index contributed by atoms with van der Waals surface area (Å²) < 4.78 is 0. The first-order chi connectivity index (χ1) is 9.13. The lowest BCUT2D eigenvalue weighted by molar-refractivity contribution is 0.108. The fraction of sp³-hybridized carbons (Fsp3) is 0.571. The van der Waals surface area contributed by atoms with Crippen molar-refractivity contribution < 1.29 is 10.2 Å². The van der Waals surface area contributed by atoms with E-state index in [0.29, 0.717) is 13.0 Å². The van der Waals surface area contributed by atoms with E-state index >= 15 is 0 Å². The van der Waals surface area contributed by atoms with Crippen LogP contribution >= 0.6 is 0 Å². The Bertz CT molecular complexity index is 343. The van der Waals surface area contributed by atoms with E-state index in [4.69, 9.17) is 11.5 Å². The lowest BCUT2D eigenvalue weighted by Gasteiger charge is -2.20. The maximum absolute atomic E-state index is 9.88. The number of hydrogen-bond donors (Lipinski definition) is 5. The van der Waals surface area contributed by atoms with E-state index in [-0.39, 0.29) is 11.8 Å². The molecule has 0 radical (unpaired) electrons. The second-order valence-electron chi connectivity index (χ2n) is 4.78. The van der Waals surface area contributed by atoms with Gasteiger partial charge in [0.15, 0.2) is 0 Å². The second kappa shape index (κ2) is 8.87. The molecule has 0 aliphatic rings. The van der Waals surface area contributed by atoms with E-state index in [0.717, 1.165) is 31.4 Å². The van der Waals surface area contributed by atoms with E-state index < -0.39 is 6.23 Å². The summed E-state index contributed by atoms with van der Waals surface area (Å²) in [6, 6.07) is 6.49. The molecule has 108 valence electrons. The number of rotatable bonds is 9. The molecule has 0 heterocycles. The van der Waals surface area contributed by atoms with Gasteiger partial charge < -0.3 is 21.7 Å². The zero-order valence-electron chi connectivity index (χ0n) is 11.3. The average Bonchev–Trinajstić information content (AvgIpc) is 2.41. The summed E-state index contributed by atoms with van der Waals surface area (Å²) >= 11 is 0. The molecule has 1 aromatic rings. The van der Waals surface area contributed by atoms with Gasteiger partial charge in [0.05, 0.1) is 0 Å². The minimum Gasteiger partial charge on any atom is -0.508 e. The molecule has 7 N–H and O–H groups in total. The first-order valence-corrected chi connectivity index (χ1v) is 6.78. The van der Waals surface area contributed by atoms with Crippen molar-refractivity contribution in [2.45, 2.75) is 38.0 Å². The van der Waals surface area contributed by atoms with Gasteiger partial charge in [-0.1, -0.05) is 18.6 Å². The molecule has 5 nitrogen and oxygen atoms in total. The van der Waals surface area contributed by atoms with Crippen LogP contribution in [0.2, 0.25) is 0 Å². The van der Waals surface area contributed by atoms with Crippen molar-refractivity contribution in [1.29, 1.82) is 0 Å². The molecule has 2 atom stereocenters. The molecule has 0 amide bonds. The molecular weight excluding hydrogens is 242 g/mol. The standard InChI is InChI=1S/C14H25N3O2/c15-8-2-1-3-9-17-14(19)13(16)10-11-4-6-12(18)7-5-11/h4-7,13-14,17-19H,1-3,8-10,15-16H2.